The molecule has 4 rings (SSSR count). The zero-order valence-electron chi connectivity index (χ0n) is 20.5. The van der Waals surface area contributed by atoms with Crippen LogP contribution in [0.4, 0.5) is 19.3 Å². The Morgan fingerprint density at radius 2 is 1.77 bits per heavy atom. The molecule has 1 aromatic carbocycles. The minimum absolute atomic E-state index is 0.0405. The van der Waals surface area contributed by atoms with Crippen LogP contribution in [-0.2, 0) is 18.8 Å². The highest BCUT2D eigenvalue weighted by molar-refractivity contribution is 6.72. The Hall–Kier alpha value is -2.53. The van der Waals surface area contributed by atoms with Crippen molar-refractivity contribution in [2.24, 2.45) is 0 Å². The largest absolute Gasteiger partial charge is 0.446 e. The van der Waals surface area contributed by atoms with E-state index in [1.54, 1.807) is 4.90 Å². The number of benzene rings is 1. The third kappa shape index (κ3) is 5.66. The van der Waals surface area contributed by atoms with Crippen LogP contribution in [0.1, 0.15) is 51.0 Å². The Kier molecular flexibility index (Phi) is 7.19. The van der Waals surface area contributed by atoms with Crippen LogP contribution >= 0.6 is 0 Å². The number of alkyl carbamates (subject to hydrolysis) is 1. The topological polar surface area (TPSA) is 97.0 Å². The van der Waals surface area contributed by atoms with Gasteiger partial charge in [-0.3, -0.25) is 14.9 Å². The molecule has 192 valence electrons. The summed E-state index contributed by atoms with van der Waals surface area (Å²) in [5, 5.41) is 4.92. The first-order chi connectivity index (χ1) is 16.4. The lowest BCUT2D eigenvalue weighted by molar-refractivity contribution is -0.134. The van der Waals surface area contributed by atoms with E-state index >= 15 is 0 Å². The number of piperidine rings is 1. The number of nitrogens with zero attached hydrogens (tertiary/aromatic N) is 1. The summed E-state index contributed by atoms with van der Waals surface area (Å²) in [6.07, 6.45) is 1.00. The number of hydrogen-bond acceptors (Lipinski definition) is 6. The smallest absolute Gasteiger partial charge is 0.407 e. The van der Waals surface area contributed by atoms with E-state index in [9.17, 15) is 23.2 Å². The number of imide groups is 1. The van der Waals surface area contributed by atoms with Crippen LogP contribution in [-0.4, -0.2) is 57.6 Å². The molecule has 3 aliphatic rings. The third-order valence-electron chi connectivity index (χ3n) is 7.41. The maximum Gasteiger partial charge on any atom is 0.407 e. The van der Waals surface area contributed by atoms with Gasteiger partial charge in [-0.2, -0.15) is 0 Å². The van der Waals surface area contributed by atoms with Crippen molar-refractivity contribution in [1.29, 1.82) is 0 Å². The second kappa shape index (κ2) is 9.85. The summed E-state index contributed by atoms with van der Waals surface area (Å²) in [5.41, 5.74) is 0.529. The normalized spacial score (nSPS) is 25.1. The average molecular weight is 510 g/mol. The summed E-state index contributed by atoms with van der Waals surface area (Å²) in [4.78, 5) is 37.3. The third-order valence-corrected chi connectivity index (χ3v) is 11.1. The number of carbonyl (C=O) groups excluding carboxylic acids is 3. The standard InChI is InChI=1S/C24H33F2N3O5Si/c1-13(2)35(3,4)34-17-9-16(10-17)33-24(32)27-14-11-29(12-14)15-7-19(25)22(20(26)8-15)18-5-6-21(30)28-23(18)31/h7-8,13-14,16-18H,5-6,9-12H2,1-4H3,(H,27,32)(H,28,30,31). The van der Waals surface area contributed by atoms with Crippen molar-refractivity contribution in [3.63, 3.8) is 0 Å². The molecule has 0 spiro atoms. The Labute approximate surface area is 204 Å². The number of nitrogens with one attached hydrogen (secondary N) is 2. The van der Waals surface area contributed by atoms with Crippen molar-refractivity contribution in [3.05, 3.63) is 29.3 Å². The molecule has 35 heavy (non-hydrogen) atoms. The van der Waals surface area contributed by atoms with Crippen molar-refractivity contribution >= 4 is 31.9 Å². The van der Waals surface area contributed by atoms with Gasteiger partial charge in [0, 0.05) is 43.6 Å². The first-order valence-corrected chi connectivity index (χ1v) is 15.1. The highest BCUT2D eigenvalue weighted by atomic mass is 28.4. The summed E-state index contributed by atoms with van der Waals surface area (Å²) in [6, 6.07) is 2.18. The van der Waals surface area contributed by atoms with Crippen LogP contribution in [0.25, 0.3) is 0 Å². The van der Waals surface area contributed by atoms with E-state index in [-0.39, 0.29) is 36.7 Å². The molecule has 2 aliphatic heterocycles. The highest BCUT2D eigenvalue weighted by Crippen LogP contribution is 2.34. The maximum absolute atomic E-state index is 14.7. The highest BCUT2D eigenvalue weighted by Gasteiger charge is 2.40. The Bertz CT molecular complexity index is 986. The quantitative estimate of drug-likeness (QED) is 0.431. The van der Waals surface area contributed by atoms with Crippen molar-refractivity contribution in [2.45, 2.75) is 82.3 Å². The van der Waals surface area contributed by atoms with Gasteiger partial charge < -0.3 is 19.4 Å². The van der Waals surface area contributed by atoms with Gasteiger partial charge in [-0.25, -0.2) is 13.6 Å². The summed E-state index contributed by atoms with van der Waals surface area (Å²) < 4.78 is 41.1. The SMILES string of the molecule is CC(C)[Si](C)(C)OC1CC(OC(=O)NC2CN(c3cc(F)c(C4CCC(=O)NC4=O)c(F)c3)C2)C1. The zero-order valence-corrected chi connectivity index (χ0v) is 21.5. The number of halogens is 2. The van der Waals surface area contributed by atoms with Crippen molar-refractivity contribution in [2.75, 3.05) is 18.0 Å². The number of hydrogen-bond donors (Lipinski definition) is 2. The summed E-state index contributed by atoms with van der Waals surface area (Å²) in [6.45, 7) is 9.50. The second-order valence-corrected chi connectivity index (χ2v) is 15.2. The molecule has 11 heteroatoms. The van der Waals surface area contributed by atoms with Crippen molar-refractivity contribution < 1.29 is 32.3 Å². The van der Waals surface area contributed by atoms with E-state index in [0.29, 0.717) is 37.2 Å². The van der Waals surface area contributed by atoms with Gasteiger partial charge >= 0.3 is 6.09 Å². The van der Waals surface area contributed by atoms with Gasteiger partial charge in [-0.15, -0.1) is 0 Å². The Balaban J connectivity index is 1.23. The first kappa shape index (κ1) is 25.6. The molecule has 3 amide bonds. The predicted octanol–water partition coefficient (Wildman–Crippen LogP) is 3.56. The Morgan fingerprint density at radius 1 is 1.14 bits per heavy atom. The molecule has 1 saturated carbocycles. The lowest BCUT2D eigenvalue weighted by Crippen LogP contribution is -2.60. The molecular weight excluding hydrogens is 476 g/mol. The van der Waals surface area contributed by atoms with Crippen LogP contribution in [0, 0.1) is 11.6 Å². The lowest BCUT2D eigenvalue weighted by Gasteiger charge is -2.43. The van der Waals surface area contributed by atoms with Gasteiger partial charge in [0.25, 0.3) is 0 Å². The van der Waals surface area contributed by atoms with Gasteiger partial charge in [0.15, 0.2) is 8.32 Å². The molecule has 0 radical (unpaired) electrons. The van der Waals surface area contributed by atoms with E-state index in [1.165, 1.54) is 12.1 Å². The fourth-order valence-corrected chi connectivity index (χ4v) is 5.79. The van der Waals surface area contributed by atoms with Crippen LogP contribution in [0.15, 0.2) is 12.1 Å². The molecule has 3 fully saturated rings. The van der Waals surface area contributed by atoms with Crippen LogP contribution in [0.3, 0.4) is 0 Å². The molecule has 2 heterocycles. The summed E-state index contributed by atoms with van der Waals surface area (Å²) in [5.74, 6) is -3.80. The molecule has 2 N–H and O–H groups in total. The number of ether oxygens (including phenoxy) is 1. The molecule has 8 nitrogen and oxygen atoms in total. The number of amides is 3. The van der Waals surface area contributed by atoms with Crippen molar-refractivity contribution in [3.8, 4) is 0 Å². The van der Waals surface area contributed by atoms with Gasteiger partial charge in [-0.1, -0.05) is 13.8 Å². The summed E-state index contributed by atoms with van der Waals surface area (Å²) in [7, 11) is -1.72. The van der Waals surface area contributed by atoms with E-state index < -0.39 is 43.8 Å². The van der Waals surface area contributed by atoms with E-state index in [2.05, 4.69) is 37.6 Å². The minimum Gasteiger partial charge on any atom is -0.446 e. The molecule has 1 aliphatic carbocycles. The Morgan fingerprint density at radius 3 is 2.34 bits per heavy atom. The molecule has 1 atom stereocenters. The van der Waals surface area contributed by atoms with Crippen LogP contribution in [0.2, 0.25) is 18.6 Å². The van der Waals surface area contributed by atoms with Crippen LogP contribution < -0.4 is 15.5 Å². The zero-order chi connectivity index (χ0) is 25.5. The maximum atomic E-state index is 14.7. The number of rotatable bonds is 7. The average Bonchev–Trinajstić information content (AvgIpc) is 2.69. The molecular formula is C24H33F2N3O5Si. The van der Waals surface area contributed by atoms with E-state index in [4.69, 9.17) is 9.16 Å². The fourth-order valence-electron chi connectivity index (χ4n) is 4.46. The molecule has 0 aromatic heterocycles. The van der Waals surface area contributed by atoms with Crippen molar-refractivity contribution in [1.82, 2.24) is 10.6 Å². The van der Waals surface area contributed by atoms with Gasteiger partial charge in [0.1, 0.15) is 17.7 Å². The first-order valence-electron chi connectivity index (χ1n) is 12.2. The minimum atomic E-state index is -1.72. The van der Waals surface area contributed by atoms with Gasteiger partial charge in [0.05, 0.1) is 18.1 Å². The fraction of sp³-hybridized carbons (Fsp3) is 0.625. The molecule has 2 saturated heterocycles. The summed E-state index contributed by atoms with van der Waals surface area (Å²) >= 11 is 0. The van der Waals surface area contributed by atoms with E-state index in [0.717, 1.165) is 0 Å². The van der Waals surface area contributed by atoms with Gasteiger partial charge in [-0.05, 0) is 37.2 Å². The van der Waals surface area contributed by atoms with Crippen LogP contribution in [0.5, 0.6) is 0 Å². The molecule has 1 aromatic rings. The number of carbonyl (C=O) groups is 3. The van der Waals surface area contributed by atoms with Gasteiger partial charge in [0.2, 0.25) is 11.8 Å². The predicted molar refractivity (Wildman–Crippen MR) is 128 cm³/mol. The molecule has 1 unspecified atom stereocenters. The lowest BCUT2D eigenvalue weighted by atomic mass is 9.89. The monoisotopic (exact) mass is 509 g/mol. The number of anilines is 1. The molecule has 0 bridgehead atoms. The second-order valence-electron chi connectivity index (χ2n) is 10.6. The van der Waals surface area contributed by atoms with E-state index in [1.807, 2.05) is 0 Å².